The lowest BCUT2D eigenvalue weighted by Gasteiger charge is -2.26. The number of amides is 1. The van der Waals surface area contributed by atoms with E-state index in [0.29, 0.717) is 22.6 Å². The Morgan fingerprint density at radius 3 is 2.29 bits per heavy atom. The van der Waals surface area contributed by atoms with Gasteiger partial charge in [-0.3, -0.25) is 19.5 Å². The van der Waals surface area contributed by atoms with Gasteiger partial charge in [-0.05, 0) is 71.8 Å². The van der Waals surface area contributed by atoms with E-state index in [1.54, 1.807) is 37.7 Å². The number of aliphatic hydroxyl groups is 1. The van der Waals surface area contributed by atoms with Crippen LogP contribution in [0.5, 0.6) is 5.75 Å². The van der Waals surface area contributed by atoms with Crippen molar-refractivity contribution in [3.05, 3.63) is 94.3 Å². The minimum absolute atomic E-state index is 0.0376. The predicted octanol–water partition coefficient (Wildman–Crippen LogP) is 5.63. The van der Waals surface area contributed by atoms with Crippen LogP contribution in [-0.2, 0) is 15.0 Å². The zero-order valence-corrected chi connectivity index (χ0v) is 20.9. The highest BCUT2D eigenvalue weighted by Crippen LogP contribution is 2.43. The van der Waals surface area contributed by atoms with Crippen LogP contribution >= 0.6 is 0 Å². The van der Waals surface area contributed by atoms with E-state index in [2.05, 4.69) is 25.8 Å². The lowest BCUT2D eigenvalue weighted by atomic mass is 9.87. The largest absolute Gasteiger partial charge is 0.507 e. The summed E-state index contributed by atoms with van der Waals surface area (Å²) in [5.74, 6) is -0.951. The molecule has 1 saturated heterocycles. The number of aryl methyl sites for hydroxylation is 2. The molecule has 1 fully saturated rings. The molecule has 0 saturated carbocycles. The molecular formula is C29H30N2O4. The molecular weight excluding hydrogens is 440 g/mol. The predicted molar refractivity (Wildman–Crippen MR) is 137 cm³/mol. The Bertz CT molecular complexity index is 1320. The van der Waals surface area contributed by atoms with E-state index in [0.717, 1.165) is 16.7 Å². The first-order chi connectivity index (χ1) is 16.5. The summed E-state index contributed by atoms with van der Waals surface area (Å²) in [6.45, 7) is 10.0. The molecule has 1 amide bonds. The van der Waals surface area contributed by atoms with Gasteiger partial charge in [0.2, 0.25) is 0 Å². The first-order valence-corrected chi connectivity index (χ1v) is 11.5. The average molecular weight is 471 g/mol. The van der Waals surface area contributed by atoms with Gasteiger partial charge in [0.05, 0.1) is 18.7 Å². The number of hydrogen-bond acceptors (Lipinski definition) is 5. The van der Waals surface area contributed by atoms with Crippen molar-refractivity contribution in [2.45, 2.75) is 46.1 Å². The van der Waals surface area contributed by atoms with E-state index in [4.69, 9.17) is 4.74 Å². The Kier molecular flexibility index (Phi) is 6.24. The van der Waals surface area contributed by atoms with Crippen LogP contribution in [0.2, 0.25) is 0 Å². The van der Waals surface area contributed by atoms with Crippen LogP contribution in [0.3, 0.4) is 0 Å². The van der Waals surface area contributed by atoms with Crippen molar-refractivity contribution in [3.8, 4) is 5.75 Å². The number of methoxy groups -OCH3 is 1. The Balaban J connectivity index is 1.92. The number of aromatic nitrogens is 1. The van der Waals surface area contributed by atoms with Gasteiger partial charge in [0.1, 0.15) is 11.5 Å². The van der Waals surface area contributed by atoms with Crippen LogP contribution in [0.15, 0.2) is 66.5 Å². The zero-order valence-electron chi connectivity index (χ0n) is 20.9. The number of ketones is 1. The fourth-order valence-electron chi connectivity index (χ4n) is 4.48. The molecule has 1 aliphatic heterocycles. The van der Waals surface area contributed by atoms with Gasteiger partial charge in [-0.1, -0.05) is 39.0 Å². The molecule has 4 rings (SSSR count). The van der Waals surface area contributed by atoms with Crippen molar-refractivity contribution in [1.29, 1.82) is 0 Å². The summed E-state index contributed by atoms with van der Waals surface area (Å²) in [5, 5.41) is 11.4. The number of nitrogens with zero attached hydrogens (tertiary/aromatic N) is 2. The smallest absolute Gasteiger partial charge is 0.300 e. The molecule has 35 heavy (non-hydrogen) atoms. The number of pyridine rings is 1. The van der Waals surface area contributed by atoms with Crippen molar-refractivity contribution >= 4 is 23.1 Å². The van der Waals surface area contributed by atoms with Gasteiger partial charge >= 0.3 is 0 Å². The van der Waals surface area contributed by atoms with Crippen LogP contribution in [-0.4, -0.2) is 28.9 Å². The van der Waals surface area contributed by atoms with E-state index in [9.17, 15) is 14.7 Å². The minimum atomic E-state index is -0.814. The first-order valence-electron chi connectivity index (χ1n) is 11.5. The van der Waals surface area contributed by atoms with Gasteiger partial charge in [0, 0.05) is 23.6 Å². The molecule has 1 aromatic heterocycles. The van der Waals surface area contributed by atoms with Crippen LogP contribution < -0.4 is 9.64 Å². The van der Waals surface area contributed by atoms with Crippen molar-refractivity contribution in [2.24, 2.45) is 0 Å². The second kappa shape index (κ2) is 9.02. The Morgan fingerprint density at radius 1 is 1.03 bits per heavy atom. The van der Waals surface area contributed by atoms with Gasteiger partial charge < -0.3 is 9.84 Å². The summed E-state index contributed by atoms with van der Waals surface area (Å²) in [5.41, 5.74) is 4.33. The molecule has 180 valence electrons. The van der Waals surface area contributed by atoms with E-state index >= 15 is 0 Å². The van der Waals surface area contributed by atoms with E-state index in [1.165, 1.54) is 4.90 Å². The summed E-state index contributed by atoms with van der Waals surface area (Å²) in [7, 11) is 1.58. The maximum atomic E-state index is 13.4. The Hall–Kier alpha value is -3.93. The van der Waals surface area contributed by atoms with Crippen molar-refractivity contribution in [2.75, 3.05) is 12.0 Å². The van der Waals surface area contributed by atoms with Crippen LogP contribution in [0.1, 0.15) is 54.6 Å². The molecule has 1 aliphatic rings. The summed E-state index contributed by atoms with van der Waals surface area (Å²) in [4.78, 5) is 32.4. The number of anilines is 1. The third-order valence-corrected chi connectivity index (χ3v) is 6.45. The fourth-order valence-corrected chi connectivity index (χ4v) is 4.48. The highest BCUT2D eigenvalue weighted by atomic mass is 16.5. The Labute approximate surface area is 205 Å². The minimum Gasteiger partial charge on any atom is -0.507 e. The Morgan fingerprint density at radius 2 is 1.71 bits per heavy atom. The topological polar surface area (TPSA) is 79.7 Å². The van der Waals surface area contributed by atoms with Gasteiger partial charge in [-0.15, -0.1) is 0 Å². The number of carbonyl (C=O) groups is 2. The molecule has 6 nitrogen and oxygen atoms in total. The molecule has 2 aromatic carbocycles. The number of carbonyl (C=O) groups excluding carboxylic acids is 2. The highest BCUT2D eigenvalue weighted by Gasteiger charge is 2.47. The SMILES string of the molecule is COc1cc(C)c(/C(O)=C2\C(=O)C(=O)N(c3ccc(C(C)(C)C)cc3)C2c2cccnc2)cc1C. The molecule has 1 atom stereocenters. The quantitative estimate of drug-likeness (QED) is 0.304. The number of Topliss-reactive ketones (excluding diaryl/α,β-unsaturated/α-hetero) is 1. The van der Waals surface area contributed by atoms with Gasteiger partial charge in [-0.25, -0.2) is 0 Å². The second-order valence-corrected chi connectivity index (χ2v) is 9.89. The second-order valence-electron chi connectivity index (χ2n) is 9.89. The lowest BCUT2D eigenvalue weighted by molar-refractivity contribution is -0.132. The number of ether oxygens (including phenoxy) is 1. The molecule has 0 aliphatic carbocycles. The first kappa shape index (κ1) is 24.2. The number of hydrogen-bond donors (Lipinski definition) is 1. The maximum Gasteiger partial charge on any atom is 0.300 e. The summed E-state index contributed by atoms with van der Waals surface area (Å²) >= 11 is 0. The van der Waals surface area contributed by atoms with E-state index in [-0.39, 0.29) is 16.7 Å². The van der Waals surface area contributed by atoms with Crippen molar-refractivity contribution in [3.63, 3.8) is 0 Å². The normalized spacial score (nSPS) is 17.7. The molecule has 2 heterocycles. The molecule has 0 bridgehead atoms. The molecule has 0 radical (unpaired) electrons. The van der Waals surface area contributed by atoms with Crippen LogP contribution in [0.4, 0.5) is 5.69 Å². The van der Waals surface area contributed by atoms with Gasteiger partial charge in [-0.2, -0.15) is 0 Å². The molecule has 1 unspecified atom stereocenters. The molecule has 1 N–H and O–H groups in total. The number of aliphatic hydroxyl groups excluding tert-OH is 1. The molecule has 3 aromatic rings. The third-order valence-electron chi connectivity index (χ3n) is 6.45. The fraction of sp³-hybridized carbons (Fsp3) is 0.276. The summed E-state index contributed by atoms with van der Waals surface area (Å²) in [6, 6.07) is 13.9. The lowest BCUT2D eigenvalue weighted by Crippen LogP contribution is -2.29. The van der Waals surface area contributed by atoms with Crippen molar-refractivity contribution in [1.82, 2.24) is 4.98 Å². The van der Waals surface area contributed by atoms with E-state index in [1.807, 2.05) is 44.2 Å². The van der Waals surface area contributed by atoms with Crippen LogP contribution in [0, 0.1) is 13.8 Å². The van der Waals surface area contributed by atoms with Gasteiger partial charge in [0.25, 0.3) is 11.7 Å². The summed E-state index contributed by atoms with van der Waals surface area (Å²) in [6.07, 6.45) is 3.25. The zero-order chi connectivity index (χ0) is 25.5. The summed E-state index contributed by atoms with van der Waals surface area (Å²) < 4.78 is 5.39. The van der Waals surface area contributed by atoms with E-state index < -0.39 is 17.7 Å². The standard InChI is InChI=1S/C29H30N2O4/c1-17-15-23(35-6)18(2)14-22(17)26(32)24-25(19-8-7-13-30-16-19)31(28(34)27(24)33)21-11-9-20(10-12-21)29(3,4)5/h7-16,25,32H,1-6H3/b26-24+. The maximum absolute atomic E-state index is 13.4. The third kappa shape index (κ3) is 4.32. The molecule has 6 heteroatoms. The highest BCUT2D eigenvalue weighted by molar-refractivity contribution is 6.51. The number of benzene rings is 2. The van der Waals surface area contributed by atoms with Crippen LogP contribution in [0.25, 0.3) is 5.76 Å². The monoisotopic (exact) mass is 470 g/mol. The average Bonchev–Trinajstić information content (AvgIpc) is 3.10. The van der Waals surface area contributed by atoms with Crippen molar-refractivity contribution < 1.29 is 19.4 Å². The number of rotatable bonds is 4. The van der Waals surface area contributed by atoms with Gasteiger partial charge in [0.15, 0.2) is 0 Å². The molecule has 0 spiro atoms.